The number of benzene rings is 1. The first-order valence-corrected chi connectivity index (χ1v) is 6.83. The molecule has 0 bridgehead atoms. The zero-order valence-corrected chi connectivity index (χ0v) is 12.3. The highest BCUT2D eigenvalue weighted by Gasteiger charge is 2.19. The number of carbonyl (C=O) groups is 1. The summed E-state index contributed by atoms with van der Waals surface area (Å²) in [5, 5.41) is 9.10. The fourth-order valence-electron chi connectivity index (χ4n) is 1.83. The summed E-state index contributed by atoms with van der Waals surface area (Å²) in [7, 11) is 1.56. The van der Waals surface area contributed by atoms with E-state index in [2.05, 4.69) is 0 Å². The Hall–Kier alpha value is -1.75. The molecule has 3 N–H and O–H groups in total. The summed E-state index contributed by atoms with van der Waals surface area (Å²) in [6.07, 6.45) is 1.03. The number of carboxylic acids is 1. The molecule has 2 atom stereocenters. The van der Waals surface area contributed by atoms with Gasteiger partial charge in [0, 0.05) is 12.1 Å². The van der Waals surface area contributed by atoms with Gasteiger partial charge in [-0.3, -0.25) is 0 Å². The molecule has 0 radical (unpaired) electrons. The minimum Gasteiger partial charge on any atom is -0.497 e. The number of aliphatic carboxylic acids is 1. The van der Waals surface area contributed by atoms with Crippen LogP contribution in [0.4, 0.5) is 0 Å². The molecule has 5 heteroatoms. The maximum absolute atomic E-state index is 11.1. The number of carboxylic acid groups (broad SMARTS) is 1. The smallest absolute Gasteiger partial charge is 0.344 e. The van der Waals surface area contributed by atoms with Gasteiger partial charge in [-0.1, -0.05) is 19.9 Å². The number of hydrogen-bond acceptors (Lipinski definition) is 4. The second-order valence-corrected chi connectivity index (χ2v) is 4.70. The van der Waals surface area contributed by atoms with Gasteiger partial charge in [0.1, 0.15) is 11.5 Å². The summed E-state index contributed by atoms with van der Waals surface area (Å²) in [5.41, 5.74) is 6.87. The summed E-state index contributed by atoms with van der Waals surface area (Å²) in [6, 6.07) is 5.43. The zero-order chi connectivity index (χ0) is 15.1. The summed E-state index contributed by atoms with van der Waals surface area (Å²) < 4.78 is 10.8. The Balaban J connectivity index is 3.02. The van der Waals surface area contributed by atoms with Gasteiger partial charge in [0.25, 0.3) is 0 Å². The van der Waals surface area contributed by atoms with Gasteiger partial charge in [0.15, 0.2) is 6.10 Å². The van der Waals surface area contributed by atoms with Crippen LogP contribution in [0.3, 0.4) is 0 Å². The Morgan fingerprint density at radius 2 is 2.05 bits per heavy atom. The average molecular weight is 281 g/mol. The molecule has 0 aliphatic carbocycles. The predicted molar refractivity (Wildman–Crippen MR) is 77.3 cm³/mol. The van der Waals surface area contributed by atoms with E-state index in [1.54, 1.807) is 20.1 Å². The minimum atomic E-state index is -0.971. The minimum absolute atomic E-state index is 0.0237. The molecule has 0 aliphatic heterocycles. The van der Waals surface area contributed by atoms with Gasteiger partial charge >= 0.3 is 5.97 Å². The van der Waals surface area contributed by atoms with Gasteiger partial charge in [0.2, 0.25) is 0 Å². The summed E-state index contributed by atoms with van der Waals surface area (Å²) in [5.74, 6) is 0.192. The molecule has 1 aromatic carbocycles. The monoisotopic (exact) mass is 281 g/mol. The van der Waals surface area contributed by atoms with Crippen molar-refractivity contribution in [2.45, 2.75) is 45.3 Å². The quantitative estimate of drug-likeness (QED) is 0.763. The molecule has 0 saturated heterocycles. The molecule has 0 aromatic heterocycles. The molecule has 0 heterocycles. The van der Waals surface area contributed by atoms with Gasteiger partial charge in [-0.2, -0.15) is 0 Å². The number of nitrogens with two attached hydrogens (primary N) is 1. The van der Waals surface area contributed by atoms with Crippen LogP contribution in [0.5, 0.6) is 11.5 Å². The average Bonchev–Trinajstić information content (AvgIpc) is 2.45. The van der Waals surface area contributed by atoms with Crippen molar-refractivity contribution in [1.29, 1.82) is 0 Å². The van der Waals surface area contributed by atoms with Gasteiger partial charge < -0.3 is 20.3 Å². The lowest BCUT2D eigenvalue weighted by molar-refractivity contribution is -0.145. The second-order valence-electron chi connectivity index (χ2n) is 4.70. The number of rotatable bonds is 8. The molecule has 1 aromatic rings. The van der Waals surface area contributed by atoms with Crippen LogP contribution in [0, 0.1) is 0 Å². The van der Waals surface area contributed by atoms with Crippen LogP contribution in [0.15, 0.2) is 18.2 Å². The first kappa shape index (κ1) is 16.3. The Kier molecular flexibility index (Phi) is 6.31. The molecule has 20 heavy (non-hydrogen) atoms. The van der Waals surface area contributed by atoms with Crippen molar-refractivity contribution in [2.24, 2.45) is 5.73 Å². The van der Waals surface area contributed by atoms with E-state index in [4.69, 9.17) is 20.3 Å². The molecule has 1 rings (SSSR count). The summed E-state index contributed by atoms with van der Waals surface area (Å²) >= 11 is 0. The molecule has 0 saturated carbocycles. The second kappa shape index (κ2) is 7.75. The van der Waals surface area contributed by atoms with E-state index in [9.17, 15) is 4.79 Å². The summed E-state index contributed by atoms with van der Waals surface area (Å²) in [6.45, 7) is 3.79. The molecular weight excluding hydrogens is 258 g/mol. The normalized spacial score (nSPS) is 13.6. The topological polar surface area (TPSA) is 81.8 Å². The zero-order valence-electron chi connectivity index (χ0n) is 12.3. The number of hydrogen-bond donors (Lipinski definition) is 2. The van der Waals surface area contributed by atoms with Crippen LogP contribution in [-0.2, 0) is 11.2 Å². The molecule has 2 unspecified atom stereocenters. The van der Waals surface area contributed by atoms with Gasteiger partial charge in [0.05, 0.1) is 7.11 Å². The third kappa shape index (κ3) is 4.42. The lowest BCUT2D eigenvalue weighted by atomic mass is 10.0. The van der Waals surface area contributed by atoms with Crippen molar-refractivity contribution in [1.82, 2.24) is 0 Å². The van der Waals surface area contributed by atoms with Crippen LogP contribution in [-0.4, -0.2) is 30.3 Å². The van der Waals surface area contributed by atoms with Crippen LogP contribution in [0.2, 0.25) is 0 Å². The van der Waals surface area contributed by atoms with Crippen LogP contribution in [0.25, 0.3) is 0 Å². The number of methoxy groups -OCH3 is 1. The Bertz CT molecular complexity index is 447. The molecule has 0 amide bonds. The Morgan fingerprint density at radius 1 is 1.35 bits per heavy atom. The van der Waals surface area contributed by atoms with Crippen LogP contribution >= 0.6 is 0 Å². The lowest BCUT2D eigenvalue weighted by Crippen LogP contribution is -2.27. The summed E-state index contributed by atoms with van der Waals surface area (Å²) in [4.78, 5) is 11.1. The molecule has 0 aliphatic rings. The maximum Gasteiger partial charge on any atom is 0.344 e. The highest BCUT2D eigenvalue weighted by Crippen LogP contribution is 2.27. The van der Waals surface area contributed by atoms with Crippen molar-refractivity contribution in [3.63, 3.8) is 0 Å². The lowest BCUT2D eigenvalue weighted by Gasteiger charge is -2.18. The van der Waals surface area contributed by atoms with Gasteiger partial charge in [-0.25, -0.2) is 4.79 Å². The van der Waals surface area contributed by atoms with Crippen molar-refractivity contribution < 1.29 is 19.4 Å². The van der Waals surface area contributed by atoms with E-state index < -0.39 is 12.1 Å². The molecular formula is C15H23NO4. The highest BCUT2D eigenvalue weighted by atomic mass is 16.5. The van der Waals surface area contributed by atoms with Crippen LogP contribution < -0.4 is 15.2 Å². The third-order valence-electron chi connectivity index (χ3n) is 3.20. The largest absolute Gasteiger partial charge is 0.497 e. The predicted octanol–water partition coefficient (Wildman–Crippen LogP) is 2.22. The molecule has 5 nitrogen and oxygen atoms in total. The van der Waals surface area contributed by atoms with Crippen molar-refractivity contribution >= 4 is 5.97 Å². The van der Waals surface area contributed by atoms with Gasteiger partial charge in [-0.05, 0) is 30.9 Å². The number of ether oxygens (including phenoxy) is 2. The van der Waals surface area contributed by atoms with E-state index in [1.807, 2.05) is 19.1 Å². The van der Waals surface area contributed by atoms with Crippen molar-refractivity contribution in [3.8, 4) is 11.5 Å². The first-order chi connectivity index (χ1) is 9.51. The van der Waals surface area contributed by atoms with E-state index in [0.29, 0.717) is 24.3 Å². The highest BCUT2D eigenvalue weighted by molar-refractivity contribution is 5.72. The van der Waals surface area contributed by atoms with E-state index in [0.717, 1.165) is 12.0 Å². The van der Waals surface area contributed by atoms with Crippen LogP contribution in [0.1, 0.15) is 32.3 Å². The van der Waals surface area contributed by atoms with Gasteiger partial charge in [-0.15, -0.1) is 0 Å². The Morgan fingerprint density at radius 3 is 2.55 bits per heavy atom. The van der Waals surface area contributed by atoms with Crippen molar-refractivity contribution in [3.05, 3.63) is 23.8 Å². The molecule has 112 valence electrons. The first-order valence-electron chi connectivity index (χ1n) is 6.83. The Labute approximate surface area is 119 Å². The standard InChI is InChI=1S/C15H23NO4/c1-4-11(16)8-10-6-7-12(19-3)9-14(10)20-13(5-2)15(17)18/h6-7,9,11,13H,4-5,8,16H2,1-3H3,(H,17,18). The van der Waals surface area contributed by atoms with E-state index in [1.165, 1.54) is 0 Å². The van der Waals surface area contributed by atoms with E-state index in [-0.39, 0.29) is 6.04 Å². The molecule has 0 fully saturated rings. The maximum atomic E-state index is 11.1. The SMILES string of the molecule is CCC(N)Cc1ccc(OC)cc1OC(CC)C(=O)O. The fourth-order valence-corrected chi connectivity index (χ4v) is 1.83. The van der Waals surface area contributed by atoms with E-state index >= 15 is 0 Å². The molecule has 0 spiro atoms. The third-order valence-corrected chi connectivity index (χ3v) is 3.20. The fraction of sp³-hybridized carbons (Fsp3) is 0.533. The van der Waals surface area contributed by atoms with Crippen molar-refractivity contribution in [2.75, 3.05) is 7.11 Å².